The lowest BCUT2D eigenvalue weighted by atomic mass is 10.1. The molecule has 2 rings (SSSR count). The highest BCUT2D eigenvalue weighted by molar-refractivity contribution is 5.58. The van der Waals surface area contributed by atoms with Crippen molar-refractivity contribution >= 4 is 11.4 Å². The second-order valence-corrected chi connectivity index (χ2v) is 5.06. The molecule has 2 nitrogen and oxygen atoms in total. The van der Waals surface area contributed by atoms with Crippen LogP contribution in [0.25, 0.3) is 0 Å². The van der Waals surface area contributed by atoms with Gasteiger partial charge in [-0.15, -0.1) is 0 Å². The molecule has 2 aromatic rings. The Balaban J connectivity index is 1.89. The van der Waals surface area contributed by atoms with Crippen LogP contribution in [0, 0.1) is 6.92 Å². The van der Waals surface area contributed by atoms with E-state index in [1.54, 1.807) is 0 Å². The van der Waals surface area contributed by atoms with Gasteiger partial charge in [-0.3, -0.25) is 0 Å². The Bertz CT molecular complexity index is 520. The molecule has 0 bridgehead atoms. The summed E-state index contributed by atoms with van der Waals surface area (Å²) in [6.07, 6.45) is 2.28. The number of hydrogen-bond acceptors (Lipinski definition) is 2. The molecular formula is C17H22N2. The van der Waals surface area contributed by atoms with Crippen molar-refractivity contribution in [3.63, 3.8) is 0 Å². The molecule has 0 saturated carbocycles. The van der Waals surface area contributed by atoms with E-state index in [-0.39, 0.29) is 0 Å². The highest BCUT2D eigenvalue weighted by atomic mass is 15.1. The fourth-order valence-electron chi connectivity index (χ4n) is 2.39. The lowest BCUT2D eigenvalue weighted by Gasteiger charge is -2.21. The minimum atomic E-state index is 0.832. The van der Waals surface area contributed by atoms with Crippen LogP contribution in [0.4, 0.5) is 11.4 Å². The fourth-order valence-corrected chi connectivity index (χ4v) is 2.39. The van der Waals surface area contributed by atoms with E-state index < -0.39 is 0 Å². The maximum atomic E-state index is 5.79. The van der Waals surface area contributed by atoms with Gasteiger partial charge in [-0.1, -0.05) is 30.3 Å². The summed E-state index contributed by atoms with van der Waals surface area (Å²) in [6, 6.07) is 16.7. The summed E-state index contributed by atoms with van der Waals surface area (Å²) in [6.45, 7) is 3.17. The maximum absolute atomic E-state index is 5.79. The van der Waals surface area contributed by atoms with Crippen molar-refractivity contribution in [2.24, 2.45) is 0 Å². The van der Waals surface area contributed by atoms with Gasteiger partial charge in [0.2, 0.25) is 0 Å². The topological polar surface area (TPSA) is 29.3 Å². The quantitative estimate of drug-likeness (QED) is 0.825. The van der Waals surface area contributed by atoms with E-state index in [1.165, 1.54) is 16.8 Å². The van der Waals surface area contributed by atoms with Gasteiger partial charge in [-0.2, -0.15) is 0 Å². The van der Waals surface area contributed by atoms with Gasteiger partial charge in [-0.05, 0) is 49.1 Å². The Morgan fingerprint density at radius 3 is 2.47 bits per heavy atom. The number of anilines is 2. The molecule has 2 aromatic carbocycles. The van der Waals surface area contributed by atoms with Crippen LogP contribution in [0.1, 0.15) is 17.5 Å². The van der Waals surface area contributed by atoms with E-state index in [1.807, 2.05) is 12.1 Å². The first-order chi connectivity index (χ1) is 9.16. The van der Waals surface area contributed by atoms with Crippen LogP contribution in [-0.4, -0.2) is 13.6 Å². The Morgan fingerprint density at radius 2 is 1.79 bits per heavy atom. The molecule has 0 amide bonds. The van der Waals surface area contributed by atoms with Crippen LogP contribution in [0.15, 0.2) is 48.5 Å². The second kappa shape index (κ2) is 6.28. The van der Waals surface area contributed by atoms with Crippen LogP contribution < -0.4 is 10.6 Å². The van der Waals surface area contributed by atoms with E-state index in [2.05, 4.69) is 55.3 Å². The first-order valence-electron chi connectivity index (χ1n) is 6.78. The van der Waals surface area contributed by atoms with Crippen molar-refractivity contribution in [1.29, 1.82) is 0 Å². The molecule has 0 saturated heterocycles. The summed E-state index contributed by atoms with van der Waals surface area (Å²) in [7, 11) is 2.14. The molecule has 0 aliphatic carbocycles. The number of nitrogen functional groups attached to an aromatic ring is 1. The molecular weight excluding hydrogens is 232 g/mol. The summed E-state index contributed by atoms with van der Waals surface area (Å²) in [5, 5.41) is 0. The molecule has 0 heterocycles. The average Bonchev–Trinajstić information content (AvgIpc) is 2.39. The Kier molecular flexibility index (Phi) is 4.45. The minimum Gasteiger partial charge on any atom is -0.399 e. The summed E-state index contributed by atoms with van der Waals surface area (Å²) in [5.41, 5.74) is 10.5. The highest BCUT2D eigenvalue weighted by Gasteiger charge is 2.04. The van der Waals surface area contributed by atoms with Gasteiger partial charge >= 0.3 is 0 Å². The van der Waals surface area contributed by atoms with Gasteiger partial charge in [0.1, 0.15) is 0 Å². The Morgan fingerprint density at radius 1 is 1.05 bits per heavy atom. The third-order valence-corrected chi connectivity index (χ3v) is 3.43. The molecule has 19 heavy (non-hydrogen) atoms. The van der Waals surface area contributed by atoms with E-state index in [9.17, 15) is 0 Å². The molecule has 0 aliphatic heterocycles. The summed E-state index contributed by atoms with van der Waals surface area (Å²) >= 11 is 0. The van der Waals surface area contributed by atoms with Crippen molar-refractivity contribution in [2.75, 3.05) is 24.2 Å². The number of hydrogen-bond donors (Lipinski definition) is 1. The largest absolute Gasteiger partial charge is 0.399 e. The van der Waals surface area contributed by atoms with Crippen LogP contribution in [0.2, 0.25) is 0 Å². The number of nitrogens with two attached hydrogens (primary N) is 1. The summed E-state index contributed by atoms with van der Waals surface area (Å²) in [4.78, 5) is 2.30. The van der Waals surface area contributed by atoms with Crippen molar-refractivity contribution in [1.82, 2.24) is 0 Å². The number of aryl methyl sites for hydroxylation is 2. The van der Waals surface area contributed by atoms with Crippen LogP contribution in [0.3, 0.4) is 0 Å². The lowest BCUT2D eigenvalue weighted by Crippen LogP contribution is -2.20. The van der Waals surface area contributed by atoms with Gasteiger partial charge < -0.3 is 10.6 Å². The van der Waals surface area contributed by atoms with Crippen LogP contribution >= 0.6 is 0 Å². The molecule has 0 radical (unpaired) electrons. The fraction of sp³-hybridized carbons (Fsp3) is 0.294. The predicted molar refractivity (Wildman–Crippen MR) is 83.6 cm³/mol. The Labute approximate surface area is 115 Å². The third-order valence-electron chi connectivity index (χ3n) is 3.43. The number of benzene rings is 2. The van der Waals surface area contributed by atoms with Crippen molar-refractivity contribution in [2.45, 2.75) is 19.8 Å². The zero-order chi connectivity index (χ0) is 13.7. The average molecular weight is 254 g/mol. The van der Waals surface area contributed by atoms with Gasteiger partial charge in [0.15, 0.2) is 0 Å². The molecule has 0 fully saturated rings. The highest BCUT2D eigenvalue weighted by Crippen LogP contribution is 2.21. The van der Waals surface area contributed by atoms with Crippen molar-refractivity contribution in [3.8, 4) is 0 Å². The van der Waals surface area contributed by atoms with Gasteiger partial charge in [0.05, 0.1) is 0 Å². The second-order valence-electron chi connectivity index (χ2n) is 5.06. The first kappa shape index (κ1) is 13.5. The third kappa shape index (κ3) is 3.75. The molecule has 2 N–H and O–H groups in total. The molecule has 0 unspecified atom stereocenters. The zero-order valence-electron chi connectivity index (χ0n) is 11.8. The summed E-state index contributed by atoms with van der Waals surface area (Å²) < 4.78 is 0. The molecule has 0 aliphatic rings. The predicted octanol–water partition coefficient (Wildman–Crippen LogP) is 3.65. The minimum absolute atomic E-state index is 0.832. The molecule has 100 valence electrons. The van der Waals surface area contributed by atoms with E-state index in [0.717, 1.165) is 25.1 Å². The van der Waals surface area contributed by atoms with Gasteiger partial charge in [0, 0.05) is 25.0 Å². The summed E-state index contributed by atoms with van der Waals surface area (Å²) in [5.74, 6) is 0. The zero-order valence-corrected chi connectivity index (χ0v) is 11.8. The monoisotopic (exact) mass is 254 g/mol. The Hall–Kier alpha value is -1.96. The number of rotatable bonds is 5. The standard InChI is InChI=1S/C17H22N2/c1-14-13-16(18)10-11-17(14)19(2)12-6-9-15-7-4-3-5-8-15/h3-5,7-8,10-11,13H,6,9,12,18H2,1-2H3. The normalized spacial score (nSPS) is 10.4. The van der Waals surface area contributed by atoms with Crippen LogP contribution in [-0.2, 0) is 6.42 Å². The number of nitrogens with zero attached hydrogens (tertiary/aromatic N) is 1. The van der Waals surface area contributed by atoms with E-state index in [0.29, 0.717) is 0 Å². The SMILES string of the molecule is Cc1cc(N)ccc1N(C)CCCc1ccccc1. The van der Waals surface area contributed by atoms with E-state index in [4.69, 9.17) is 5.73 Å². The molecule has 0 atom stereocenters. The first-order valence-corrected chi connectivity index (χ1v) is 6.78. The van der Waals surface area contributed by atoms with Gasteiger partial charge in [0.25, 0.3) is 0 Å². The smallest absolute Gasteiger partial charge is 0.0394 e. The lowest BCUT2D eigenvalue weighted by molar-refractivity contribution is 0.784. The van der Waals surface area contributed by atoms with Gasteiger partial charge in [-0.25, -0.2) is 0 Å². The molecule has 0 spiro atoms. The van der Waals surface area contributed by atoms with Crippen molar-refractivity contribution < 1.29 is 0 Å². The molecule has 2 heteroatoms. The van der Waals surface area contributed by atoms with Crippen molar-refractivity contribution in [3.05, 3.63) is 59.7 Å². The van der Waals surface area contributed by atoms with Crippen LogP contribution in [0.5, 0.6) is 0 Å². The maximum Gasteiger partial charge on any atom is 0.0394 e. The molecule has 0 aromatic heterocycles. The van der Waals surface area contributed by atoms with E-state index >= 15 is 0 Å².